The fourth-order valence-corrected chi connectivity index (χ4v) is 2.00. The molecule has 0 spiro atoms. The molecule has 3 heterocycles. The number of hydrogen-bond acceptors (Lipinski definition) is 5. The molecule has 8 nitrogen and oxygen atoms in total. The minimum atomic E-state index is -0.250. The van der Waals surface area contributed by atoms with E-state index in [0.717, 1.165) is 5.82 Å². The van der Waals surface area contributed by atoms with Gasteiger partial charge in [0.2, 0.25) is 0 Å². The summed E-state index contributed by atoms with van der Waals surface area (Å²) in [5.41, 5.74) is 0.929. The number of carbonyl (C=O) groups is 1. The summed E-state index contributed by atoms with van der Waals surface area (Å²) in [6.07, 6.45) is 6.82. The molecule has 0 aliphatic carbocycles. The highest BCUT2D eigenvalue weighted by Crippen LogP contribution is 2.01. The van der Waals surface area contributed by atoms with Gasteiger partial charge in [-0.25, -0.2) is 15.0 Å². The SMILES string of the molecule is Cc1nccn1CCn1cnc2cccnc2c1=O.O=CO. The van der Waals surface area contributed by atoms with Crippen LogP contribution >= 0.6 is 0 Å². The van der Waals surface area contributed by atoms with Gasteiger partial charge in [-0.05, 0) is 19.1 Å². The van der Waals surface area contributed by atoms with E-state index >= 15 is 0 Å². The Labute approximate surface area is 125 Å². The van der Waals surface area contributed by atoms with Crippen LogP contribution in [-0.2, 0) is 17.9 Å². The molecule has 0 aromatic carbocycles. The maximum Gasteiger partial charge on any atom is 0.290 e. The molecule has 0 aliphatic rings. The molecule has 0 fully saturated rings. The molecule has 0 radical (unpaired) electrons. The summed E-state index contributed by atoms with van der Waals surface area (Å²) in [6, 6.07) is 3.56. The van der Waals surface area contributed by atoms with E-state index in [1.165, 1.54) is 0 Å². The van der Waals surface area contributed by atoms with Gasteiger partial charge in [0.1, 0.15) is 5.82 Å². The fraction of sp³-hybridized carbons (Fsp3) is 0.214. The number of hydrogen-bond donors (Lipinski definition) is 1. The molecular formula is C14H15N5O3. The van der Waals surface area contributed by atoms with Crippen LogP contribution in [0.15, 0.2) is 41.8 Å². The Balaban J connectivity index is 0.000000545. The molecule has 0 amide bonds. The molecule has 22 heavy (non-hydrogen) atoms. The van der Waals surface area contributed by atoms with E-state index in [1.54, 1.807) is 35.4 Å². The molecule has 0 unspecified atom stereocenters. The number of pyridine rings is 1. The number of imidazole rings is 1. The first-order valence-electron chi connectivity index (χ1n) is 6.53. The van der Waals surface area contributed by atoms with E-state index in [-0.39, 0.29) is 12.0 Å². The molecule has 1 N–H and O–H groups in total. The van der Waals surface area contributed by atoms with Crippen LogP contribution in [0.3, 0.4) is 0 Å². The van der Waals surface area contributed by atoms with Gasteiger partial charge < -0.3 is 9.67 Å². The Morgan fingerprint density at radius 1 is 1.18 bits per heavy atom. The highest BCUT2D eigenvalue weighted by molar-refractivity contribution is 5.71. The summed E-state index contributed by atoms with van der Waals surface area (Å²) >= 11 is 0. The van der Waals surface area contributed by atoms with Crippen molar-refractivity contribution in [2.75, 3.05) is 0 Å². The van der Waals surface area contributed by atoms with E-state index in [1.807, 2.05) is 17.7 Å². The first-order valence-corrected chi connectivity index (χ1v) is 6.53. The fourth-order valence-electron chi connectivity index (χ4n) is 2.00. The first kappa shape index (κ1) is 15.4. The molecule has 0 bridgehead atoms. The summed E-state index contributed by atoms with van der Waals surface area (Å²) in [7, 11) is 0. The van der Waals surface area contributed by atoms with Crippen LogP contribution in [0.4, 0.5) is 0 Å². The Hall–Kier alpha value is -3.03. The lowest BCUT2D eigenvalue weighted by Crippen LogP contribution is -2.23. The predicted molar refractivity (Wildman–Crippen MR) is 79.5 cm³/mol. The van der Waals surface area contributed by atoms with Crippen molar-refractivity contribution in [2.45, 2.75) is 20.0 Å². The predicted octanol–water partition coefficient (Wildman–Crippen LogP) is 0.697. The van der Waals surface area contributed by atoms with E-state index < -0.39 is 0 Å². The van der Waals surface area contributed by atoms with Gasteiger partial charge in [-0.3, -0.25) is 14.2 Å². The third kappa shape index (κ3) is 3.35. The molecule has 3 rings (SSSR count). The lowest BCUT2D eigenvalue weighted by Gasteiger charge is -2.08. The van der Waals surface area contributed by atoms with Crippen molar-refractivity contribution in [2.24, 2.45) is 0 Å². The second-order valence-electron chi connectivity index (χ2n) is 4.39. The first-order chi connectivity index (χ1) is 10.7. The maximum atomic E-state index is 12.2. The van der Waals surface area contributed by atoms with Gasteiger partial charge in [0.05, 0.1) is 11.8 Å². The van der Waals surface area contributed by atoms with Gasteiger partial charge >= 0.3 is 0 Å². The Morgan fingerprint density at radius 3 is 2.59 bits per heavy atom. The molecule has 114 valence electrons. The highest BCUT2D eigenvalue weighted by atomic mass is 16.3. The second-order valence-corrected chi connectivity index (χ2v) is 4.39. The largest absolute Gasteiger partial charge is 0.483 e. The Kier molecular flexibility index (Phi) is 4.97. The summed E-state index contributed by atoms with van der Waals surface area (Å²) in [6.45, 7) is 2.92. The number of fused-ring (bicyclic) bond motifs is 1. The Bertz CT molecular complexity index is 824. The van der Waals surface area contributed by atoms with Gasteiger partial charge in [0.15, 0.2) is 5.52 Å². The number of aromatic nitrogens is 5. The van der Waals surface area contributed by atoms with E-state index in [2.05, 4.69) is 15.0 Å². The van der Waals surface area contributed by atoms with Crippen molar-refractivity contribution in [1.29, 1.82) is 0 Å². The number of aryl methyl sites for hydroxylation is 3. The Morgan fingerprint density at radius 2 is 1.91 bits per heavy atom. The summed E-state index contributed by atoms with van der Waals surface area (Å²) < 4.78 is 3.57. The van der Waals surface area contributed by atoms with E-state index in [0.29, 0.717) is 24.1 Å². The number of carboxylic acid groups (broad SMARTS) is 1. The van der Waals surface area contributed by atoms with Crippen LogP contribution < -0.4 is 5.56 Å². The highest BCUT2D eigenvalue weighted by Gasteiger charge is 2.05. The van der Waals surface area contributed by atoms with Crippen LogP contribution in [-0.4, -0.2) is 35.7 Å². The minimum Gasteiger partial charge on any atom is -0.483 e. The van der Waals surface area contributed by atoms with Crippen molar-refractivity contribution in [3.8, 4) is 0 Å². The van der Waals surface area contributed by atoms with E-state index in [4.69, 9.17) is 9.90 Å². The molecule has 0 saturated carbocycles. The smallest absolute Gasteiger partial charge is 0.290 e. The lowest BCUT2D eigenvalue weighted by molar-refractivity contribution is -0.122. The van der Waals surface area contributed by atoms with Gasteiger partial charge in [-0.2, -0.15) is 0 Å². The van der Waals surface area contributed by atoms with Crippen molar-refractivity contribution in [1.82, 2.24) is 24.1 Å². The normalized spacial score (nSPS) is 10.0. The average Bonchev–Trinajstić information content (AvgIpc) is 2.93. The molecule has 0 atom stereocenters. The average molecular weight is 301 g/mol. The van der Waals surface area contributed by atoms with Gasteiger partial charge in [-0.15, -0.1) is 0 Å². The molecule has 8 heteroatoms. The third-order valence-electron chi connectivity index (χ3n) is 3.09. The monoisotopic (exact) mass is 301 g/mol. The third-order valence-corrected chi connectivity index (χ3v) is 3.09. The zero-order chi connectivity index (χ0) is 15.9. The second kappa shape index (κ2) is 7.11. The molecule has 0 aliphatic heterocycles. The standard InChI is InChI=1S/C13H13N5O.CH2O2/c1-10-14-5-6-17(10)7-8-18-9-16-11-3-2-4-15-12(11)13(18)19;2-1-3/h2-6,9H,7-8H2,1H3;1H,(H,2,3). The number of nitrogens with zero attached hydrogens (tertiary/aromatic N) is 5. The van der Waals surface area contributed by atoms with Crippen LogP contribution in [0.2, 0.25) is 0 Å². The number of rotatable bonds is 3. The maximum absolute atomic E-state index is 12.2. The van der Waals surface area contributed by atoms with Crippen molar-refractivity contribution >= 4 is 17.5 Å². The zero-order valence-corrected chi connectivity index (χ0v) is 12.0. The van der Waals surface area contributed by atoms with Gasteiger partial charge in [-0.1, -0.05) is 0 Å². The minimum absolute atomic E-state index is 0.108. The quantitative estimate of drug-likeness (QED) is 0.714. The summed E-state index contributed by atoms with van der Waals surface area (Å²) in [5, 5.41) is 6.89. The molecule has 3 aromatic heterocycles. The van der Waals surface area contributed by atoms with E-state index in [9.17, 15) is 4.79 Å². The molecule has 3 aromatic rings. The van der Waals surface area contributed by atoms with Crippen LogP contribution in [0.5, 0.6) is 0 Å². The topological polar surface area (TPSA) is 103 Å². The van der Waals surface area contributed by atoms with Crippen LogP contribution in [0, 0.1) is 6.92 Å². The van der Waals surface area contributed by atoms with Gasteiger partial charge in [0, 0.05) is 31.7 Å². The zero-order valence-electron chi connectivity index (χ0n) is 12.0. The van der Waals surface area contributed by atoms with Gasteiger partial charge in [0.25, 0.3) is 12.0 Å². The molecular weight excluding hydrogens is 286 g/mol. The van der Waals surface area contributed by atoms with Crippen LogP contribution in [0.25, 0.3) is 11.0 Å². The van der Waals surface area contributed by atoms with Crippen molar-refractivity contribution < 1.29 is 9.90 Å². The lowest BCUT2D eigenvalue weighted by atomic mass is 10.3. The van der Waals surface area contributed by atoms with Crippen molar-refractivity contribution in [3.63, 3.8) is 0 Å². The van der Waals surface area contributed by atoms with Crippen LogP contribution in [0.1, 0.15) is 5.82 Å². The van der Waals surface area contributed by atoms with Crippen molar-refractivity contribution in [3.05, 3.63) is 53.2 Å². The summed E-state index contributed by atoms with van der Waals surface area (Å²) in [4.78, 5) is 33.0. The molecule has 0 saturated heterocycles. The summed E-state index contributed by atoms with van der Waals surface area (Å²) in [5.74, 6) is 0.930.